The number of nitrogens with zero attached hydrogens (tertiary/aromatic N) is 2. The molecule has 4 rings (SSSR count). The van der Waals surface area contributed by atoms with Gasteiger partial charge in [0.05, 0.1) is 6.42 Å². The third-order valence-corrected chi connectivity index (χ3v) is 8.52. The van der Waals surface area contributed by atoms with E-state index in [0.29, 0.717) is 31.6 Å². The van der Waals surface area contributed by atoms with Crippen LogP contribution in [0.2, 0.25) is 0 Å². The summed E-state index contributed by atoms with van der Waals surface area (Å²) in [5.41, 5.74) is 1.05. The van der Waals surface area contributed by atoms with Crippen LogP contribution in [0.4, 0.5) is 0 Å². The van der Waals surface area contributed by atoms with E-state index < -0.39 is 11.6 Å². The number of hydrogen-bond donors (Lipinski definition) is 1. The van der Waals surface area contributed by atoms with Crippen molar-refractivity contribution in [1.82, 2.24) is 9.80 Å². The van der Waals surface area contributed by atoms with E-state index in [1.165, 1.54) is 11.8 Å². The lowest BCUT2D eigenvalue weighted by molar-refractivity contribution is -0.160. The summed E-state index contributed by atoms with van der Waals surface area (Å²) >= 11 is 1.28. The summed E-state index contributed by atoms with van der Waals surface area (Å²) in [5, 5.41) is 11.2. The Morgan fingerprint density at radius 3 is 2.38 bits per heavy atom. The molecule has 37 heavy (non-hydrogen) atoms. The standard InChI is InChI=1S/C30H38N2O4S/c1-22(2)24-13-7-8-14-26(24)37-28-25(33)21-30(36-29(28)35,23-11-5-4-6-12-23)16-10-9-15-27(34)32-19-17-31(3)18-20-32/h4-8,11-14,22,33H,9-10,15-21H2,1-3H3. The largest absolute Gasteiger partial charge is 0.511 e. The van der Waals surface area contributed by atoms with E-state index >= 15 is 0 Å². The Morgan fingerprint density at radius 2 is 1.70 bits per heavy atom. The number of benzene rings is 2. The van der Waals surface area contributed by atoms with Crippen molar-refractivity contribution in [2.45, 2.75) is 62.4 Å². The molecule has 198 valence electrons. The zero-order valence-corrected chi connectivity index (χ0v) is 22.9. The minimum absolute atomic E-state index is 0.0668. The van der Waals surface area contributed by atoms with Gasteiger partial charge in [-0.25, -0.2) is 4.79 Å². The van der Waals surface area contributed by atoms with Crippen LogP contribution in [0, 0.1) is 0 Å². The number of amides is 1. The maximum Gasteiger partial charge on any atom is 0.349 e. The Hall–Kier alpha value is -2.77. The van der Waals surface area contributed by atoms with Crippen molar-refractivity contribution >= 4 is 23.6 Å². The molecule has 1 fully saturated rings. The number of piperazine rings is 1. The van der Waals surface area contributed by atoms with E-state index in [1.807, 2.05) is 53.4 Å². The van der Waals surface area contributed by atoms with E-state index in [-0.39, 0.29) is 23.0 Å². The first kappa shape index (κ1) is 27.3. The van der Waals surface area contributed by atoms with Crippen molar-refractivity contribution < 1.29 is 19.4 Å². The molecule has 0 saturated carbocycles. The van der Waals surface area contributed by atoms with Crippen LogP contribution in [0.5, 0.6) is 0 Å². The zero-order valence-electron chi connectivity index (χ0n) is 22.1. The van der Waals surface area contributed by atoms with Crippen LogP contribution < -0.4 is 0 Å². The van der Waals surface area contributed by atoms with Crippen molar-refractivity contribution in [3.05, 3.63) is 76.4 Å². The Labute approximate surface area is 224 Å². The second-order valence-electron chi connectivity index (χ2n) is 10.4. The van der Waals surface area contributed by atoms with Crippen molar-refractivity contribution in [1.29, 1.82) is 0 Å². The number of carbonyl (C=O) groups excluding carboxylic acids is 2. The molecule has 2 aliphatic heterocycles. The Kier molecular flexibility index (Phi) is 8.98. The minimum atomic E-state index is -0.944. The number of aliphatic hydroxyl groups excluding tert-OH is 1. The number of esters is 1. The topological polar surface area (TPSA) is 70.1 Å². The summed E-state index contributed by atoms with van der Waals surface area (Å²) in [5.74, 6) is 0.0533. The fraction of sp³-hybridized carbons (Fsp3) is 0.467. The maximum atomic E-state index is 13.3. The number of unbranched alkanes of at least 4 members (excludes halogenated alkanes) is 1. The van der Waals surface area contributed by atoms with Crippen LogP contribution in [0.1, 0.15) is 63.0 Å². The minimum Gasteiger partial charge on any atom is -0.511 e. The van der Waals surface area contributed by atoms with Crippen LogP contribution in [-0.4, -0.2) is 60.0 Å². The lowest BCUT2D eigenvalue weighted by atomic mass is 9.83. The number of rotatable bonds is 9. The van der Waals surface area contributed by atoms with Gasteiger partial charge in [-0.3, -0.25) is 4.79 Å². The molecule has 2 aromatic carbocycles. The first-order valence-electron chi connectivity index (χ1n) is 13.2. The predicted octanol–water partition coefficient (Wildman–Crippen LogP) is 5.85. The first-order valence-corrected chi connectivity index (χ1v) is 14.0. The molecule has 0 spiro atoms. The number of thioether (sulfide) groups is 1. The van der Waals surface area contributed by atoms with E-state index in [4.69, 9.17) is 4.74 Å². The molecule has 2 heterocycles. The quantitative estimate of drug-likeness (QED) is 0.329. The molecule has 1 N–H and O–H groups in total. The number of hydrogen-bond acceptors (Lipinski definition) is 6. The summed E-state index contributed by atoms with van der Waals surface area (Å²) in [6.07, 6.45) is 2.68. The van der Waals surface area contributed by atoms with E-state index in [0.717, 1.165) is 42.2 Å². The molecule has 0 bridgehead atoms. The lowest BCUT2D eigenvalue weighted by Gasteiger charge is -2.37. The number of aliphatic hydroxyl groups is 1. The fourth-order valence-electron chi connectivity index (χ4n) is 5.08. The van der Waals surface area contributed by atoms with Gasteiger partial charge < -0.3 is 19.6 Å². The monoisotopic (exact) mass is 522 g/mol. The number of carbonyl (C=O) groups is 2. The van der Waals surface area contributed by atoms with Gasteiger partial charge in [0.2, 0.25) is 5.91 Å². The molecule has 0 radical (unpaired) electrons. The van der Waals surface area contributed by atoms with Crippen LogP contribution in [0.3, 0.4) is 0 Å². The predicted molar refractivity (Wildman–Crippen MR) is 147 cm³/mol. The third kappa shape index (κ3) is 6.57. The van der Waals surface area contributed by atoms with Gasteiger partial charge in [0.25, 0.3) is 0 Å². The van der Waals surface area contributed by atoms with Gasteiger partial charge in [0.15, 0.2) is 0 Å². The number of likely N-dealkylation sites (N-methyl/N-ethyl adjacent to an activating group) is 1. The Bertz CT molecular complexity index is 1130. The van der Waals surface area contributed by atoms with Crippen LogP contribution in [0.15, 0.2) is 70.2 Å². The van der Waals surface area contributed by atoms with E-state index in [1.54, 1.807) is 0 Å². The van der Waals surface area contributed by atoms with Gasteiger partial charge in [-0.05, 0) is 49.4 Å². The average molecular weight is 523 g/mol. The van der Waals surface area contributed by atoms with Crippen LogP contribution in [-0.2, 0) is 19.9 Å². The summed E-state index contributed by atoms with van der Waals surface area (Å²) < 4.78 is 6.17. The summed E-state index contributed by atoms with van der Waals surface area (Å²) in [7, 11) is 2.08. The maximum absolute atomic E-state index is 13.3. The van der Waals surface area contributed by atoms with Crippen molar-refractivity contribution in [2.75, 3.05) is 33.2 Å². The summed E-state index contributed by atoms with van der Waals surface area (Å²) in [6, 6.07) is 17.6. The number of ether oxygens (including phenoxy) is 1. The fourth-order valence-corrected chi connectivity index (χ4v) is 6.18. The van der Waals surface area contributed by atoms with Crippen LogP contribution >= 0.6 is 11.8 Å². The molecule has 1 atom stereocenters. The highest BCUT2D eigenvalue weighted by Crippen LogP contribution is 2.46. The highest BCUT2D eigenvalue weighted by atomic mass is 32.2. The lowest BCUT2D eigenvalue weighted by Crippen LogP contribution is -2.47. The van der Waals surface area contributed by atoms with Gasteiger partial charge in [-0.1, -0.05) is 74.1 Å². The molecular weight excluding hydrogens is 484 g/mol. The second kappa shape index (κ2) is 12.2. The molecule has 1 unspecified atom stereocenters. The molecule has 6 nitrogen and oxygen atoms in total. The second-order valence-corrected chi connectivity index (χ2v) is 11.4. The summed E-state index contributed by atoms with van der Waals surface area (Å²) in [6.45, 7) is 7.60. The van der Waals surface area contributed by atoms with Gasteiger partial charge in [0, 0.05) is 37.5 Å². The SMILES string of the molecule is CC(C)c1ccccc1SC1=C(O)CC(CCCCC(=O)N2CCN(C)CC2)(c2ccccc2)OC1=O. The molecule has 2 aliphatic rings. The first-order chi connectivity index (χ1) is 17.8. The van der Waals surface area contributed by atoms with Crippen molar-refractivity contribution in [3.63, 3.8) is 0 Å². The molecule has 0 aliphatic carbocycles. The van der Waals surface area contributed by atoms with Crippen molar-refractivity contribution in [3.8, 4) is 0 Å². The normalized spacial score (nSPS) is 20.9. The van der Waals surface area contributed by atoms with Gasteiger partial charge >= 0.3 is 5.97 Å². The van der Waals surface area contributed by atoms with Crippen LogP contribution in [0.25, 0.3) is 0 Å². The third-order valence-electron chi connectivity index (χ3n) is 7.32. The van der Waals surface area contributed by atoms with E-state index in [9.17, 15) is 14.7 Å². The zero-order chi connectivity index (χ0) is 26.4. The average Bonchev–Trinajstić information content (AvgIpc) is 2.89. The molecular formula is C30H38N2O4S. The molecule has 0 aromatic heterocycles. The van der Waals surface area contributed by atoms with Gasteiger partial charge in [-0.2, -0.15) is 0 Å². The smallest absolute Gasteiger partial charge is 0.349 e. The van der Waals surface area contributed by atoms with Crippen molar-refractivity contribution in [2.24, 2.45) is 0 Å². The molecule has 1 saturated heterocycles. The van der Waals surface area contributed by atoms with E-state index in [2.05, 4.69) is 31.9 Å². The molecule has 1 amide bonds. The Morgan fingerprint density at radius 1 is 1.03 bits per heavy atom. The molecule has 2 aromatic rings. The summed E-state index contributed by atoms with van der Waals surface area (Å²) in [4.78, 5) is 31.4. The number of cyclic esters (lactones) is 1. The van der Waals surface area contributed by atoms with Gasteiger partial charge in [0.1, 0.15) is 16.3 Å². The van der Waals surface area contributed by atoms with Gasteiger partial charge in [-0.15, -0.1) is 0 Å². The highest BCUT2D eigenvalue weighted by molar-refractivity contribution is 8.04. The molecule has 7 heteroatoms. The Balaban J connectivity index is 1.47. The highest BCUT2D eigenvalue weighted by Gasteiger charge is 2.43.